The molecule has 1 amide bonds. The molecule has 106 valence electrons. The topological polar surface area (TPSA) is 72.9 Å². The van der Waals surface area contributed by atoms with Crippen molar-refractivity contribution in [3.8, 4) is 0 Å². The standard InChI is InChI=1S/C15H20N4O/c1-3-14(12-6-4-11(2)5-7-12)18-13-8-17-19(9-13)10-15(16)20/h4-9,14,18H,3,10H2,1-2H3,(H2,16,20). The van der Waals surface area contributed by atoms with Crippen molar-refractivity contribution in [1.82, 2.24) is 9.78 Å². The molecule has 0 saturated carbocycles. The Labute approximate surface area is 118 Å². The molecule has 1 aromatic carbocycles. The molecule has 0 saturated heterocycles. The maximum atomic E-state index is 10.9. The fraction of sp³-hybridized carbons (Fsp3) is 0.333. The zero-order chi connectivity index (χ0) is 14.5. The van der Waals surface area contributed by atoms with Crippen LogP contribution in [0.2, 0.25) is 0 Å². The number of rotatable bonds is 6. The van der Waals surface area contributed by atoms with Gasteiger partial charge in [-0.3, -0.25) is 9.48 Å². The Hall–Kier alpha value is -2.30. The minimum Gasteiger partial charge on any atom is -0.376 e. The van der Waals surface area contributed by atoms with Crippen LogP contribution >= 0.6 is 0 Å². The lowest BCUT2D eigenvalue weighted by atomic mass is 10.0. The second kappa shape index (κ2) is 6.23. The van der Waals surface area contributed by atoms with Crippen LogP contribution in [-0.2, 0) is 11.3 Å². The number of amides is 1. The highest BCUT2D eigenvalue weighted by molar-refractivity contribution is 5.73. The van der Waals surface area contributed by atoms with E-state index in [2.05, 4.69) is 48.5 Å². The van der Waals surface area contributed by atoms with Crippen LogP contribution in [0.5, 0.6) is 0 Å². The highest BCUT2D eigenvalue weighted by Crippen LogP contribution is 2.22. The van der Waals surface area contributed by atoms with Crippen LogP contribution in [0.1, 0.15) is 30.5 Å². The van der Waals surface area contributed by atoms with Crippen molar-refractivity contribution in [2.45, 2.75) is 32.9 Å². The average molecular weight is 272 g/mol. The number of aromatic nitrogens is 2. The van der Waals surface area contributed by atoms with Gasteiger partial charge in [-0.25, -0.2) is 0 Å². The lowest BCUT2D eigenvalue weighted by Gasteiger charge is -2.17. The van der Waals surface area contributed by atoms with E-state index in [0.29, 0.717) is 0 Å². The van der Waals surface area contributed by atoms with E-state index in [9.17, 15) is 4.79 Å². The number of nitrogens with zero attached hydrogens (tertiary/aromatic N) is 2. The van der Waals surface area contributed by atoms with Gasteiger partial charge in [-0.2, -0.15) is 5.10 Å². The van der Waals surface area contributed by atoms with Crippen molar-refractivity contribution in [2.75, 3.05) is 5.32 Å². The molecule has 0 fully saturated rings. The summed E-state index contributed by atoms with van der Waals surface area (Å²) in [6, 6.07) is 8.70. The summed E-state index contributed by atoms with van der Waals surface area (Å²) in [6.45, 7) is 4.31. The van der Waals surface area contributed by atoms with E-state index in [1.165, 1.54) is 15.8 Å². The van der Waals surface area contributed by atoms with Crippen molar-refractivity contribution in [3.63, 3.8) is 0 Å². The second-order valence-corrected chi connectivity index (χ2v) is 4.91. The van der Waals surface area contributed by atoms with Gasteiger partial charge in [0.15, 0.2) is 0 Å². The summed E-state index contributed by atoms with van der Waals surface area (Å²) in [5.41, 5.74) is 8.52. The van der Waals surface area contributed by atoms with Crippen molar-refractivity contribution >= 4 is 11.6 Å². The first-order valence-corrected chi connectivity index (χ1v) is 6.72. The summed E-state index contributed by atoms with van der Waals surface area (Å²) in [7, 11) is 0. The van der Waals surface area contributed by atoms with Gasteiger partial charge in [0.2, 0.25) is 5.91 Å². The third-order valence-corrected chi connectivity index (χ3v) is 3.18. The summed E-state index contributed by atoms with van der Waals surface area (Å²) in [5, 5.41) is 7.53. The zero-order valence-corrected chi connectivity index (χ0v) is 11.8. The van der Waals surface area contributed by atoms with Gasteiger partial charge in [0.25, 0.3) is 0 Å². The first-order chi connectivity index (χ1) is 9.58. The predicted molar refractivity (Wildman–Crippen MR) is 79.3 cm³/mol. The van der Waals surface area contributed by atoms with E-state index in [1.807, 2.05) is 0 Å². The van der Waals surface area contributed by atoms with E-state index >= 15 is 0 Å². The van der Waals surface area contributed by atoms with Crippen LogP contribution in [-0.4, -0.2) is 15.7 Å². The predicted octanol–water partition coefficient (Wildman–Crippen LogP) is 2.24. The number of carbonyl (C=O) groups is 1. The van der Waals surface area contributed by atoms with Crippen molar-refractivity contribution in [2.24, 2.45) is 5.73 Å². The molecular weight excluding hydrogens is 252 g/mol. The van der Waals surface area contributed by atoms with E-state index in [4.69, 9.17) is 5.73 Å². The monoisotopic (exact) mass is 272 g/mol. The van der Waals surface area contributed by atoms with Crippen LogP contribution in [0.25, 0.3) is 0 Å². The summed E-state index contributed by atoms with van der Waals surface area (Å²) in [6.07, 6.45) is 4.46. The largest absolute Gasteiger partial charge is 0.376 e. The number of hydrogen-bond donors (Lipinski definition) is 2. The molecule has 3 N–H and O–H groups in total. The Morgan fingerprint density at radius 2 is 2.10 bits per heavy atom. The Bertz CT molecular complexity index is 574. The maximum absolute atomic E-state index is 10.9. The Balaban J connectivity index is 2.08. The highest BCUT2D eigenvalue weighted by Gasteiger charge is 2.10. The van der Waals surface area contributed by atoms with Gasteiger partial charge in [-0.05, 0) is 18.9 Å². The zero-order valence-electron chi connectivity index (χ0n) is 11.8. The number of primary amides is 1. The molecule has 1 unspecified atom stereocenters. The van der Waals surface area contributed by atoms with Crippen molar-refractivity contribution in [3.05, 3.63) is 47.8 Å². The van der Waals surface area contributed by atoms with Crippen LogP contribution < -0.4 is 11.1 Å². The number of carbonyl (C=O) groups excluding carboxylic acids is 1. The molecule has 5 nitrogen and oxygen atoms in total. The van der Waals surface area contributed by atoms with E-state index in [-0.39, 0.29) is 12.6 Å². The molecule has 1 atom stereocenters. The summed E-state index contributed by atoms with van der Waals surface area (Å²) in [5.74, 6) is -0.398. The molecular formula is C15H20N4O. The van der Waals surface area contributed by atoms with Crippen molar-refractivity contribution < 1.29 is 4.79 Å². The SMILES string of the molecule is CCC(Nc1cnn(CC(N)=O)c1)c1ccc(C)cc1. The smallest absolute Gasteiger partial charge is 0.239 e. The van der Waals surface area contributed by atoms with Gasteiger partial charge in [0, 0.05) is 6.20 Å². The molecule has 0 aliphatic carbocycles. The third kappa shape index (κ3) is 3.60. The minimum atomic E-state index is -0.398. The van der Waals surface area contributed by atoms with E-state index in [1.54, 1.807) is 12.4 Å². The molecule has 0 aliphatic rings. The third-order valence-electron chi connectivity index (χ3n) is 3.18. The number of aryl methyl sites for hydroxylation is 1. The number of nitrogens with one attached hydrogen (secondary N) is 1. The van der Waals surface area contributed by atoms with Crippen LogP contribution in [0.4, 0.5) is 5.69 Å². The van der Waals surface area contributed by atoms with E-state index < -0.39 is 5.91 Å². The average Bonchev–Trinajstić information content (AvgIpc) is 2.83. The van der Waals surface area contributed by atoms with Gasteiger partial charge in [-0.15, -0.1) is 0 Å². The molecule has 0 spiro atoms. The summed E-state index contributed by atoms with van der Waals surface area (Å²) >= 11 is 0. The molecule has 1 heterocycles. The Morgan fingerprint density at radius 1 is 1.40 bits per heavy atom. The first kappa shape index (κ1) is 14.1. The molecule has 0 aliphatic heterocycles. The fourth-order valence-corrected chi connectivity index (χ4v) is 2.11. The summed E-state index contributed by atoms with van der Waals surface area (Å²) in [4.78, 5) is 10.9. The number of nitrogens with two attached hydrogens (primary N) is 1. The van der Waals surface area contributed by atoms with Crippen LogP contribution in [0, 0.1) is 6.92 Å². The van der Waals surface area contributed by atoms with Gasteiger partial charge in [0.05, 0.1) is 17.9 Å². The van der Waals surface area contributed by atoms with Gasteiger partial charge in [-0.1, -0.05) is 36.8 Å². The fourth-order valence-electron chi connectivity index (χ4n) is 2.11. The number of anilines is 1. The van der Waals surface area contributed by atoms with E-state index in [0.717, 1.165) is 12.1 Å². The normalized spacial score (nSPS) is 12.1. The second-order valence-electron chi connectivity index (χ2n) is 4.91. The molecule has 1 aromatic heterocycles. The molecule has 2 rings (SSSR count). The lowest BCUT2D eigenvalue weighted by molar-refractivity contribution is -0.118. The summed E-state index contributed by atoms with van der Waals surface area (Å²) < 4.78 is 1.53. The molecule has 0 radical (unpaired) electrons. The Morgan fingerprint density at radius 3 is 2.70 bits per heavy atom. The Kier molecular flexibility index (Phi) is 4.40. The van der Waals surface area contributed by atoms with Gasteiger partial charge < -0.3 is 11.1 Å². The molecule has 0 bridgehead atoms. The minimum absolute atomic E-state index is 0.100. The first-order valence-electron chi connectivity index (χ1n) is 6.72. The lowest BCUT2D eigenvalue weighted by Crippen LogP contribution is -2.18. The van der Waals surface area contributed by atoms with Crippen LogP contribution in [0.15, 0.2) is 36.7 Å². The van der Waals surface area contributed by atoms with Crippen LogP contribution in [0.3, 0.4) is 0 Å². The van der Waals surface area contributed by atoms with Gasteiger partial charge >= 0.3 is 0 Å². The highest BCUT2D eigenvalue weighted by atomic mass is 16.1. The quantitative estimate of drug-likeness (QED) is 0.847. The van der Waals surface area contributed by atoms with Crippen molar-refractivity contribution in [1.29, 1.82) is 0 Å². The number of benzene rings is 1. The van der Waals surface area contributed by atoms with Gasteiger partial charge in [0.1, 0.15) is 6.54 Å². The maximum Gasteiger partial charge on any atom is 0.239 e. The molecule has 2 aromatic rings. The molecule has 20 heavy (non-hydrogen) atoms. The number of hydrogen-bond acceptors (Lipinski definition) is 3. The molecule has 5 heteroatoms.